The minimum absolute atomic E-state index is 0.0578. The van der Waals surface area contributed by atoms with Crippen LogP contribution in [0.2, 0.25) is 0 Å². The van der Waals surface area contributed by atoms with Crippen molar-refractivity contribution in [2.45, 2.75) is 6.42 Å². The van der Waals surface area contributed by atoms with Crippen LogP contribution < -0.4 is 5.73 Å². The second kappa shape index (κ2) is 3.38. The van der Waals surface area contributed by atoms with Crippen LogP contribution in [0.15, 0.2) is 18.3 Å². The molecule has 0 aliphatic carbocycles. The maximum absolute atomic E-state index is 13.6. The zero-order valence-corrected chi connectivity index (χ0v) is 7.48. The Hall–Kier alpha value is -1.42. The van der Waals surface area contributed by atoms with E-state index < -0.39 is 11.6 Å². The normalized spacial score (nSPS) is 11.1. The molecule has 0 radical (unpaired) electrons. The average molecular weight is 196 g/mol. The lowest BCUT2D eigenvalue weighted by Gasteiger charge is -2.04. The summed E-state index contributed by atoms with van der Waals surface area (Å²) >= 11 is 0. The minimum Gasteiger partial charge on any atom is -0.359 e. The molecule has 1 heterocycles. The van der Waals surface area contributed by atoms with E-state index >= 15 is 0 Å². The zero-order chi connectivity index (χ0) is 10.1. The summed E-state index contributed by atoms with van der Waals surface area (Å²) in [7, 11) is 0. The van der Waals surface area contributed by atoms with Crippen LogP contribution in [0.5, 0.6) is 0 Å². The van der Waals surface area contributed by atoms with Gasteiger partial charge in [-0.1, -0.05) is 0 Å². The molecule has 0 spiro atoms. The van der Waals surface area contributed by atoms with Crippen molar-refractivity contribution >= 4 is 10.9 Å². The van der Waals surface area contributed by atoms with Crippen molar-refractivity contribution in [2.24, 2.45) is 5.73 Å². The van der Waals surface area contributed by atoms with Crippen LogP contribution in [0.25, 0.3) is 10.9 Å². The quantitative estimate of drug-likeness (QED) is 0.757. The highest BCUT2D eigenvalue weighted by molar-refractivity contribution is 5.80. The standard InChI is InChI=1S/C10H10F2N2/c11-8-5-6-2-4-14-10(6)9(12)7(8)1-3-13/h2,4-5,14H,1,3,13H2. The molecule has 1 aromatic heterocycles. The molecule has 0 aliphatic heterocycles. The number of aromatic amines is 1. The third kappa shape index (κ3) is 1.28. The van der Waals surface area contributed by atoms with Crippen molar-refractivity contribution < 1.29 is 8.78 Å². The number of rotatable bonds is 2. The van der Waals surface area contributed by atoms with Gasteiger partial charge in [-0.3, -0.25) is 0 Å². The van der Waals surface area contributed by atoms with E-state index in [2.05, 4.69) is 4.98 Å². The van der Waals surface area contributed by atoms with Crippen LogP contribution in [-0.4, -0.2) is 11.5 Å². The predicted octanol–water partition coefficient (Wildman–Crippen LogP) is 1.95. The van der Waals surface area contributed by atoms with Gasteiger partial charge < -0.3 is 10.7 Å². The highest BCUT2D eigenvalue weighted by Crippen LogP contribution is 2.22. The molecule has 0 fully saturated rings. The van der Waals surface area contributed by atoms with Gasteiger partial charge in [0.1, 0.15) is 5.82 Å². The molecule has 14 heavy (non-hydrogen) atoms. The molecule has 1 aromatic carbocycles. The number of hydrogen-bond donors (Lipinski definition) is 2. The van der Waals surface area contributed by atoms with Gasteiger partial charge in [0, 0.05) is 17.1 Å². The summed E-state index contributed by atoms with van der Waals surface area (Å²) in [6.07, 6.45) is 1.80. The fourth-order valence-corrected chi connectivity index (χ4v) is 1.54. The van der Waals surface area contributed by atoms with Gasteiger partial charge in [0.25, 0.3) is 0 Å². The van der Waals surface area contributed by atoms with Crippen molar-refractivity contribution in [1.82, 2.24) is 4.98 Å². The van der Waals surface area contributed by atoms with Crippen LogP contribution in [0.3, 0.4) is 0 Å². The number of fused-ring (bicyclic) bond motifs is 1. The molecule has 2 aromatic rings. The lowest BCUT2D eigenvalue weighted by Crippen LogP contribution is -2.07. The van der Waals surface area contributed by atoms with Crippen LogP contribution in [0.4, 0.5) is 8.78 Å². The van der Waals surface area contributed by atoms with E-state index in [1.165, 1.54) is 6.07 Å². The molecule has 0 aliphatic rings. The first kappa shape index (κ1) is 9.15. The Labute approximate surface area is 79.7 Å². The van der Waals surface area contributed by atoms with Crippen molar-refractivity contribution in [3.8, 4) is 0 Å². The SMILES string of the molecule is NCCc1c(F)cc2cc[nH]c2c1F. The number of benzene rings is 1. The van der Waals surface area contributed by atoms with Gasteiger partial charge in [0.2, 0.25) is 0 Å². The minimum atomic E-state index is -0.532. The second-order valence-corrected chi connectivity index (χ2v) is 3.13. The summed E-state index contributed by atoms with van der Waals surface area (Å²) in [6, 6.07) is 2.95. The van der Waals surface area contributed by atoms with Crippen molar-refractivity contribution in [2.75, 3.05) is 6.54 Å². The molecular weight excluding hydrogens is 186 g/mol. The second-order valence-electron chi connectivity index (χ2n) is 3.13. The lowest BCUT2D eigenvalue weighted by atomic mass is 10.1. The van der Waals surface area contributed by atoms with Crippen molar-refractivity contribution in [3.63, 3.8) is 0 Å². The van der Waals surface area contributed by atoms with Crippen molar-refractivity contribution in [1.29, 1.82) is 0 Å². The maximum atomic E-state index is 13.6. The molecule has 4 heteroatoms. The fourth-order valence-electron chi connectivity index (χ4n) is 1.54. The first-order valence-electron chi connectivity index (χ1n) is 4.38. The summed E-state index contributed by atoms with van der Waals surface area (Å²) in [4.78, 5) is 2.73. The summed E-state index contributed by atoms with van der Waals surface area (Å²) in [6.45, 7) is 0.236. The largest absolute Gasteiger partial charge is 0.359 e. The first-order valence-corrected chi connectivity index (χ1v) is 4.38. The van der Waals surface area contributed by atoms with Gasteiger partial charge in [-0.2, -0.15) is 0 Å². The summed E-state index contributed by atoms with van der Waals surface area (Å²) in [5.74, 6) is -1.06. The lowest BCUT2D eigenvalue weighted by molar-refractivity contribution is 0.563. The number of nitrogens with two attached hydrogens (primary N) is 1. The molecule has 3 N–H and O–H groups in total. The Bertz CT molecular complexity index is 462. The Morgan fingerprint density at radius 2 is 2.14 bits per heavy atom. The molecule has 0 amide bonds. The molecule has 0 atom stereocenters. The topological polar surface area (TPSA) is 41.8 Å². The van der Waals surface area contributed by atoms with E-state index in [0.717, 1.165) is 0 Å². The summed E-state index contributed by atoms with van der Waals surface area (Å²) in [5.41, 5.74) is 5.67. The Morgan fingerprint density at radius 1 is 1.36 bits per heavy atom. The average Bonchev–Trinajstić information content (AvgIpc) is 2.60. The van der Waals surface area contributed by atoms with Gasteiger partial charge >= 0.3 is 0 Å². The Morgan fingerprint density at radius 3 is 2.86 bits per heavy atom. The monoisotopic (exact) mass is 196 g/mol. The number of aromatic nitrogens is 1. The molecule has 0 unspecified atom stereocenters. The first-order chi connectivity index (χ1) is 6.74. The zero-order valence-electron chi connectivity index (χ0n) is 7.48. The van der Waals surface area contributed by atoms with Crippen molar-refractivity contribution in [3.05, 3.63) is 35.5 Å². The van der Waals surface area contributed by atoms with Crippen LogP contribution in [0, 0.1) is 11.6 Å². The number of halogens is 2. The molecule has 2 rings (SSSR count). The van der Waals surface area contributed by atoms with Gasteiger partial charge in [-0.15, -0.1) is 0 Å². The maximum Gasteiger partial charge on any atom is 0.153 e. The molecular formula is C10H10F2N2. The van der Waals surface area contributed by atoms with E-state index in [-0.39, 0.29) is 18.5 Å². The third-order valence-electron chi connectivity index (χ3n) is 2.23. The summed E-state index contributed by atoms with van der Waals surface area (Å²) in [5, 5.41) is 0.542. The van der Waals surface area contributed by atoms with Crippen LogP contribution in [-0.2, 0) is 6.42 Å². The molecule has 74 valence electrons. The van der Waals surface area contributed by atoms with Gasteiger partial charge in [0.05, 0.1) is 5.52 Å². The number of nitrogens with one attached hydrogen (secondary N) is 1. The van der Waals surface area contributed by atoms with Gasteiger partial charge in [-0.25, -0.2) is 8.78 Å². The highest BCUT2D eigenvalue weighted by atomic mass is 19.1. The van der Waals surface area contributed by atoms with Crippen LogP contribution in [0.1, 0.15) is 5.56 Å². The fraction of sp³-hybridized carbons (Fsp3) is 0.200. The Kier molecular flexibility index (Phi) is 2.21. The molecule has 0 saturated heterocycles. The number of H-pyrrole nitrogens is 1. The van der Waals surface area contributed by atoms with Crippen LogP contribution >= 0.6 is 0 Å². The van der Waals surface area contributed by atoms with E-state index in [4.69, 9.17) is 5.73 Å². The molecule has 2 nitrogen and oxygen atoms in total. The van der Waals surface area contributed by atoms with E-state index in [0.29, 0.717) is 10.9 Å². The van der Waals surface area contributed by atoms with E-state index in [1.807, 2.05) is 0 Å². The highest BCUT2D eigenvalue weighted by Gasteiger charge is 2.13. The molecule has 0 bridgehead atoms. The number of hydrogen-bond acceptors (Lipinski definition) is 1. The summed E-state index contributed by atoms with van der Waals surface area (Å²) < 4.78 is 27.0. The van der Waals surface area contributed by atoms with E-state index in [9.17, 15) is 8.78 Å². The van der Waals surface area contributed by atoms with Gasteiger partial charge in [0.15, 0.2) is 5.82 Å². The molecule has 0 saturated carbocycles. The predicted molar refractivity (Wildman–Crippen MR) is 51.0 cm³/mol. The van der Waals surface area contributed by atoms with Gasteiger partial charge in [-0.05, 0) is 25.1 Å². The van der Waals surface area contributed by atoms with E-state index in [1.54, 1.807) is 12.3 Å². The third-order valence-corrected chi connectivity index (χ3v) is 2.23. The Balaban J connectivity index is 2.69. The smallest absolute Gasteiger partial charge is 0.153 e.